The van der Waals surface area contributed by atoms with Crippen LogP contribution in [0.4, 0.5) is 0 Å². The van der Waals surface area contributed by atoms with Gasteiger partial charge in [0.05, 0.1) is 19.1 Å². The lowest BCUT2D eigenvalue weighted by Crippen LogP contribution is -2.15. The average Bonchev–Trinajstić information content (AvgIpc) is 3.56. The first kappa shape index (κ1) is 22.3. The second-order valence-corrected chi connectivity index (χ2v) is 6.95. The zero-order valence-corrected chi connectivity index (χ0v) is 17.0. The van der Waals surface area contributed by atoms with Crippen LogP contribution in [0.2, 0.25) is 0 Å². The van der Waals surface area contributed by atoms with Gasteiger partial charge in [0, 0.05) is 17.0 Å². The van der Waals surface area contributed by atoms with Gasteiger partial charge in [0.25, 0.3) is 0 Å². The first-order chi connectivity index (χ1) is 14.0. The summed E-state index contributed by atoms with van der Waals surface area (Å²) in [5.74, 6) is 1.80. The summed E-state index contributed by atoms with van der Waals surface area (Å²) in [6.45, 7) is 5.11. The summed E-state index contributed by atoms with van der Waals surface area (Å²) < 4.78 is 10.4. The molecule has 6 nitrogen and oxygen atoms in total. The first-order valence-corrected chi connectivity index (χ1v) is 9.85. The van der Waals surface area contributed by atoms with Crippen molar-refractivity contribution in [3.8, 4) is 11.5 Å². The van der Waals surface area contributed by atoms with E-state index in [1.807, 2.05) is 38.1 Å². The number of phenolic OH excluding ortho intramolecular Hbond substituents is 1. The molecule has 1 aliphatic carbocycles. The van der Waals surface area contributed by atoms with Crippen LogP contribution in [-0.4, -0.2) is 30.7 Å². The maximum absolute atomic E-state index is 10.6. The Labute approximate surface area is 171 Å². The normalized spacial score (nSPS) is 16.6. The number of esters is 1. The third-order valence-corrected chi connectivity index (χ3v) is 4.71. The number of rotatable bonds is 3. The summed E-state index contributed by atoms with van der Waals surface area (Å²) in [5.41, 5.74) is 7.52. The van der Waals surface area contributed by atoms with Crippen LogP contribution in [0.3, 0.4) is 0 Å². The molecule has 156 valence electrons. The Morgan fingerprint density at radius 1 is 1.21 bits per heavy atom. The molecule has 1 heterocycles. The minimum absolute atomic E-state index is 0.00694. The number of benzene rings is 2. The molecule has 0 bridgehead atoms. The van der Waals surface area contributed by atoms with Gasteiger partial charge in [-0.1, -0.05) is 35.9 Å². The number of fused-ring (bicyclic) bond motifs is 1. The molecule has 1 saturated carbocycles. The average molecular weight is 399 g/mol. The summed E-state index contributed by atoms with van der Waals surface area (Å²) in [4.78, 5) is 19.2. The highest BCUT2D eigenvalue weighted by atomic mass is 16.5. The minimum Gasteiger partial charge on any atom is -0.508 e. The van der Waals surface area contributed by atoms with Crippen molar-refractivity contribution >= 4 is 12.4 Å². The van der Waals surface area contributed by atoms with E-state index < -0.39 is 0 Å². The molecule has 0 spiro atoms. The summed E-state index contributed by atoms with van der Waals surface area (Å²) in [6, 6.07) is 13.9. The lowest BCUT2D eigenvalue weighted by molar-refractivity contribution is -0.144. The van der Waals surface area contributed by atoms with Crippen molar-refractivity contribution < 1.29 is 24.2 Å². The van der Waals surface area contributed by atoms with Gasteiger partial charge in [0.2, 0.25) is 6.41 Å². The fourth-order valence-corrected chi connectivity index (χ4v) is 3.20. The smallest absolute Gasteiger partial charge is 0.308 e. The van der Waals surface area contributed by atoms with Crippen LogP contribution in [0.15, 0.2) is 42.5 Å². The maximum Gasteiger partial charge on any atom is 0.308 e. The molecular formula is C23H29NO5. The van der Waals surface area contributed by atoms with E-state index in [-0.39, 0.29) is 24.2 Å². The third-order valence-electron chi connectivity index (χ3n) is 4.71. The van der Waals surface area contributed by atoms with Gasteiger partial charge in [-0.15, -0.1) is 0 Å². The molecular weight excluding hydrogens is 370 g/mol. The Balaban J connectivity index is 0.000000228. The predicted octanol–water partition coefficient (Wildman–Crippen LogP) is 3.68. The van der Waals surface area contributed by atoms with Crippen LogP contribution in [-0.2, 0) is 14.3 Å². The fraction of sp³-hybridized carbons (Fsp3) is 0.391. The molecule has 0 aromatic heterocycles. The van der Waals surface area contributed by atoms with E-state index in [1.165, 1.54) is 11.1 Å². The van der Waals surface area contributed by atoms with Crippen molar-refractivity contribution in [1.29, 1.82) is 0 Å². The number of phenols is 1. The summed E-state index contributed by atoms with van der Waals surface area (Å²) in [7, 11) is 0. The van der Waals surface area contributed by atoms with E-state index in [2.05, 4.69) is 17.9 Å². The second-order valence-electron chi connectivity index (χ2n) is 6.95. The van der Waals surface area contributed by atoms with E-state index in [1.54, 1.807) is 6.07 Å². The zero-order valence-electron chi connectivity index (χ0n) is 17.0. The molecule has 29 heavy (non-hydrogen) atoms. The van der Waals surface area contributed by atoms with Crippen LogP contribution < -0.4 is 10.5 Å². The standard InChI is InChI=1S/C16H16O2.C6H10O2.CH3NO/c1-11-6-7-15(17)14(10-11)12-8-9-18-16-5-3-2-4-13(12)16;1-2-8-6(7)5-3-4-5;2-1-3/h2-7,10,12,17H,8-9H2,1H3;5H,2-4H2,1H3;1H,(H2,2,3). The van der Waals surface area contributed by atoms with Gasteiger partial charge >= 0.3 is 5.97 Å². The van der Waals surface area contributed by atoms with Gasteiger partial charge in [-0.05, 0) is 45.2 Å². The molecule has 1 unspecified atom stereocenters. The number of hydrogen-bond donors (Lipinski definition) is 2. The molecule has 4 rings (SSSR count). The van der Waals surface area contributed by atoms with E-state index in [4.69, 9.17) is 14.3 Å². The van der Waals surface area contributed by atoms with Crippen LogP contribution in [0.25, 0.3) is 0 Å². The van der Waals surface area contributed by atoms with E-state index >= 15 is 0 Å². The SMILES string of the molecule is CCOC(=O)C1CC1.Cc1ccc(O)c(C2CCOc3ccccc32)c1.NC=O. The number of ether oxygens (including phenoxy) is 2. The van der Waals surface area contributed by atoms with E-state index in [0.29, 0.717) is 19.0 Å². The number of amides is 1. The van der Waals surface area contributed by atoms with E-state index in [9.17, 15) is 9.90 Å². The van der Waals surface area contributed by atoms with Crippen molar-refractivity contribution in [2.24, 2.45) is 11.7 Å². The molecule has 1 atom stereocenters. The van der Waals surface area contributed by atoms with Gasteiger partial charge in [-0.25, -0.2) is 0 Å². The molecule has 1 amide bonds. The Kier molecular flexibility index (Phi) is 8.52. The monoisotopic (exact) mass is 399 g/mol. The lowest BCUT2D eigenvalue weighted by atomic mass is 9.85. The fourth-order valence-electron chi connectivity index (χ4n) is 3.20. The number of para-hydroxylation sites is 1. The van der Waals surface area contributed by atoms with Crippen molar-refractivity contribution in [2.75, 3.05) is 13.2 Å². The zero-order chi connectivity index (χ0) is 21.2. The molecule has 3 N–H and O–H groups in total. The molecule has 2 aromatic rings. The predicted molar refractivity (Wildman–Crippen MR) is 111 cm³/mol. The molecule has 6 heteroatoms. The summed E-state index contributed by atoms with van der Waals surface area (Å²) >= 11 is 0. The third kappa shape index (κ3) is 6.52. The first-order valence-electron chi connectivity index (χ1n) is 9.85. The van der Waals surface area contributed by atoms with Gasteiger partial charge < -0.3 is 20.3 Å². The Hall–Kier alpha value is -3.02. The summed E-state index contributed by atoms with van der Waals surface area (Å²) in [6.07, 6.45) is 3.24. The molecule has 1 fully saturated rings. The number of carbonyl (C=O) groups is 2. The highest BCUT2D eigenvalue weighted by Gasteiger charge is 2.30. The number of hydrogen-bond acceptors (Lipinski definition) is 5. The largest absolute Gasteiger partial charge is 0.508 e. The number of primary amides is 1. The molecule has 2 aromatic carbocycles. The van der Waals surface area contributed by atoms with Crippen LogP contribution in [0, 0.1) is 12.8 Å². The second kappa shape index (κ2) is 11.1. The van der Waals surface area contributed by atoms with Gasteiger partial charge in [0.1, 0.15) is 11.5 Å². The number of carbonyl (C=O) groups excluding carboxylic acids is 2. The number of aryl methyl sites for hydroxylation is 1. The number of nitrogens with two attached hydrogens (primary N) is 1. The van der Waals surface area contributed by atoms with Crippen LogP contribution in [0.5, 0.6) is 11.5 Å². The molecule has 2 aliphatic rings. The Morgan fingerprint density at radius 2 is 1.90 bits per heavy atom. The summed E-state index contributed by atoms with van der Waals surface area (Å²) in [5, 5.41) is 10.1. The van der Waals surface area contributed by atoms with Gasteiger partial charge in [-0.3, -0.25) is 9.59 Å². The van der Waals surface area contributed by atoms with Crippen molar-refractivity contribution in [2.45, 2.75) is 39.0 Å². The Morgan fingerprint density at radius 3 is 2.55 bits per heavy atom. The van der Waals surface area contributed by atoms with Crippen LogP contribution in [0.1, 0.15) is 48.8 Å². The van der Waals surface area contributed by atoms with Gasteiger partial charge in [0.15, 0.2) is 0 Å². The van der Waals surface area contributed by atoms with Crippen LogP contribution >= 0.6 is 0 Å². The van der Waals surface area contributed by atoms with Crippen molar-refractivity contribution in [3.05, 3.63) is 59.2 Å². The number of aromatic hydroxyl groups is 1. The van der Waals surface area contributed by atoms with Gasteiger partial charge in [-0.2, -0.15) is 0 Å². The highest BCUT2D eigenvalue weighted by molar-refractivity contribution is 5.74. The maximum atomic E-state index is 10.6. The quantitative estimate of drug-likeness (QED) is 0.606. The molecule has 0 radical (unpaired) electrons. The van der Waals surface area contributed by atoms with E-state index in [0.717, 1.165) is 30.6 Å². The topological polar surface area (TPSA) is 98.8 Å². The minimum atomic E-state index is -0.00694. The molecule has 1 aliphatic heterocycles. The highest BCUT2D eigenvalue weighted by Crippen LogP contribution is 2.41. The lowest BCUT2D eigenvalue weighted by Gasteiger charge is -2.26. The molecule has 0 saturated heterocycles. The van der Waals surface area contributed by atoms with Crippen molar-refractivity contribution in [3.63, 3.8) is 0 Å². The Bertz CT molecular complexity index is 817. The van der Waals surface area contributed by atoms with Crippen molar-refractivity contribution in [1.82, 2.24) is 0 Å².